The summed E-state index contributed by atoms with van der Waals surface area (Å²) in [7, 11) is 0. The maximum atomic E-state index is 10.1. The van der Waals surface area contributed by atoms with Crippen LogP contribution >= 0.6 is 11.6 Å². The zero-order chi connectivity index (χ0) is 13.9. The van der Waals surface area contributed by atoms with Gasteiger partial charge in [-0.05, 0) is 56.0 Å². The van der Waals surface area contributed by atoms with Gasteiger partial charge in [-0.1, -0.05) is 23.7 Å². The fourth-order valence-electron chi connectivity index (χ4n) is 3.03. The summed E-state index contributed by atoms with van der Waals surface area (Å²) in [4.78, 5) is 2.63. The summed E-state index contributed by atoms with van der Waals surface area (Å²) in [6, 6.07) is 8.31. The van der Waals surface area contributed by atoms with Gasteiger partial charge in [-0.25, -0.2) is 0 Å². The first-order valence-electron chi connectivity index (χ1n) is 7.60. The maximum Gasteiger partial charge on any atom is 0.0914 e. The maximum absolute atomic E-state index is 10.1. The van der Waals surface area contributed by atoms with Crippen LogP contribution < -0.4 is 5.32 Å². The number of nitrogens with one attached hydrogen (secondary N) is 1. The summed E-state index contributed by atoms with van der Waals surface area (Å²) in [6.07, 6.45) is 3.64. The van der Waals surface area contributed by atoms with E-state index in [0.717, 1.165) is 24.1 Å². The third-order valence-electron chi connectivity index (χ3n) is 4.41. The fourth-order valence-corrected chi connectivity index (χ4v) is 3.15. The third-order valence-corrected chi connectivity index (χ3v) is 4.66. The molecule has 1 aromatic carbocycles. The summed E-state index contributed by atoms with van der Waals surface area (Å²) >= 11 is 5.85. The van der Waals surface area contributed by atoms with Gasteiger partial charge in [0.05, 0.1) is 6.10 Å². The van der Waals surface area contributed by atoms with Gasteiger partial charge in [-0.15, -0.1) is 0 Å². The van der Waals surface area contributed by atoms with Crippen LogP contribution in [0, 0.1) is 5.92 Å². The van der Waals surface area contributed by atoms with Crippen molar-refractivity contribution in [1.82, 2.24) is 10.2 Å². The number of hydrogen-bond donors (Lipinski definition) is 2. The Hall–Kier alpha value is -0.610. The number of benzene rings is 1. The standard InChI is InChI=1S/C16H23ClN2O/c17-14-3-1-13(2-4-14)16(20)10-18-9-12-7-8-19(11-12)15-5-6-15/h1-4,12,15-16,18,20H,5-11H2. The van der Waals surface area contributed by atoms with Crippen LogP contribution in [0.1, 0.15) is 30.9 Å². The Labute approximate surface area is 125 Å². The first-order valence-corrected chi connectivity index (χ1v) is 7.98. The quantitative estimate of drug-likeness (QED) is 0.846. The molecule has 1 saturated carbocycles. The number of hydrogen-bond acceptors (Lipinski definition) is 3. The van der Waals surface area contributed by atoms with Gasteiger partial charge in [-0.3, -0.25) is 0 Å². The van der Waals surface area contributed by atoms with Crippen LogP contribution in [0.3, 0.4) is 0 Å². The predicted octanol–water partition coefficient (Wildman–Crippen LogP) is 2.45. The van der Waals surface area contributed by atoms with Crippen molar-refractivity contribution < 1.29 is 5.11 Å². The van der Waals surface area contributed by atoms with Crippen LogP contribution in [0.2, 0.25) is 5.02 Å². The Morgan fingerprint density at radius 2 is 2.00 bits per heavy atom. The van der Waals surface area contributed by atoms with Gasteiger partial charge < -0.3 is 15.3 Å². The lowest BCUT2D eigenvalue weighted by Crippen LogP contribution is -2.30. The molecular formula is C16H23ClN2O. The van der Waals surface area contributed by atoms with Crippen molar-refractivity contribution in [1.29, 1.82) is 0 Å². The highest BCUT2D eigenvalue weighted by Gasteiger charge is 2.34. The van der Waals surface area contributed by atoms with Gasteiger partial charge in [0.15, 0.2) is 0 Å². The van der Waals surface area contributed by atoms with Crippen LogP contribution in [0.15, 0.2) is 24.3 Å². The summed E-state index contributed by atoms with van der Waals surface area (Å²) < 4.78 is 0. The van der Waals surface area contributed by atoms with E-state index in [0.29, 0.717) is 11.6 Å². The fraction of sp³-hybridized carbons (Fsp3) is 0.625. The van der Waals surface area contributed by atoms with Gasteiger partial charge in [0.25, 0.3) is 0 Å². The molecule has 2 unspecified atom stereocenters. The first-order chi connectivity index (χ1) is 9.72. The van der Waals surface area contributed by atoms with E-state index < -0.39 is 6.10 Å². The van der Waals surface area contributed by atoms with Gasteiger partial charge in [0.2, 0.25) is 0 Å². The minimum absolute atomic E-state index is 0.451. The van der Waals surface area contributed by atoms with Gasteiger partial charge in [0, 0.05) is 24.2 Å². The van der Waals surface area contributed by atoms with E-state index in [9.17, 15) is 5.11 Å². The minimum atomic E-state index is -0.451. The van der Waals surface area contributed by atoms with E-state index in [1.165, 1.54) is 32.4 Å². The minimum Gasteiger partial charge on any atom is -0.387 e. The Morgan fingerprint density at radius 3 is 2.70 bits per heavy atom. The molecule has 1 saturated heterocycles. The first kappa shape index (κ1) is 14.3. The zero-order valence-corrected chi connectivity index (χ0v) is 12.5. The Balaban J connectivity index is 1.38. The Bertz CT molecular complexity index is 433. The summed E-state index contributed by atoms with van der Waals surface area (Å²) in [5, 5.41) is 14.2. The number of likely N-dealkylation sites (tertiary alicyclic amines) is 1. The van der Waals surface area contributed by atoms with E-state index in [1.807, 2.05) is 24.3 Å². The second-order valence-corrected chi connectivity index (χ2v) is 6.54. The smallest absolute Gasteiger partial charge is 0.0914 e. The largest absolute Gasteiger partial charge is 0.387 e. The van der Waals surface area contributed by atoms with Gasteiger partial charge in [-0.2, -0.15) is 0 Å². The van der Waals surface area contributed by atoms with Crippen LogP contribution in [0.5, 0.6) is 0 Å². The number of aliphatic hydroxyl groups is 1. The monoisotopic (exact) mass is 294 g/mol. The van der Waals surface area contributed by atoms with Crippen LogP contribution in [0.25, 0.3) is 0 Å². The number of rotatable bonds is 6. The molecule has 0 bridgehead atoms. The lowest BCUT2D eigenvalue weighted by Gasteiger charge is -2.17. The van der Waals surface area contributed by atoms with Crippen molar-refractivity contribution in [2.24, 2.45) is 5.92 Å². The van der Waals surface area contributed by atoms with Crippen molar-refractivity contribution in [3.63, 3.8) is 0 Å². The normalized spacial score (nSPS) is 25.0. The second-order valence-electron chi connectivity index (χ2n) is 6.11. The molecule has 2 N–H and O–H groups in total. The molecule has 2 atom stereocenters. The molecule has 3 nitrogen and oxygen atoms in total. The zero-order valence-electron chi connectivity index (χ0n) is 11.8. The van der Waals surface area contributed by atoms with Crippen LogP contribution in [-0.2, 0) is 0 Å². The van der Waals surface area contributed by atoms with Crippen molar-refractivity contribution in [3.05, 3.63) is 34.9 Å². The molecule has 1 heterocycles. The van der Waals surface area contributed by atoms with E-state index in [-0.39, 0.29) is 0 Å². The van der Waals surface area contributed by atoms with Crippen molar-refractivity contribution >= 4 is 11.6 Å². The summed E-state index contributed by atoms with van der Waals surface area (Å²) in [6.45, 7) is 4.11. The molecule has 0 spiro atoms. The third kappa shape index (κ3) is 3.73. The van der Waals surface area contributed by atoms with Crippen molar-refractivity contribution in [3.8, 4) is 0 Å². The van der Waals surface area contributed by atoms with Crippen molar-refractivity contribution in [2.75, 3.05) is 26.2 Å². The van der Waals surface area contributed by atoms with E-state index in [4.69, 9.17) is 11.6 Å². The van der Waals surface area contributed by atoms with E-state index in [1.54, 1.807) is 0 Å². The summed E-state index contributed by atoms with van der Waals surface area (Å²) in [5.41, 5.74) is 0.924. The highest BCUT2D eigenvalue weighted by atomic mass is 35.5. The number of nitrogens with zero attached hydrogens (tertiary/aromatic N) is 1. The molecular weight excluding hydrogens is 272 g/mol. The molecule has 3 rings (SSSR count). The lowest BCUT2D eigenvalue weighted by molar-refractivity contribution is 0.172. The van der Waals surface area contributed by atoms with E-state index >= 15 is 0 Å². The molecule has 20 heavy (non-hydrogen) atoms. The number of aliphatic hydroxyl groups excluding tert-OH is 1. The number of halogens is 1. The second kappa shape index (κ2) is 6.44. The molecule has 1 aliphatic heterocycles. The molecule has 0 amide bonds. The molecule has 1 aromatic rings. The van der Waals surface area contributed by atoms with Crippen molar-refractivity contribution in [2.45, 2.75) is 31.4 Å². The molecule has 2 aliphatic rings. The van der Waals surface area contributed by atoms with Crippen LogP contribution in [-0.4, -0.2) is 42.2 Å². The Kier molecular flexibility index (Phi) is 4.61. The molecule has 110 valence electrons. The molecule has 4 heteroatoms. The summed E-state index contributed by atoms with van der Waals surface area (Å²) in [5.74, 6) is 0.744. The lowest BCUT2D eigenvalue weighted by atomic mass is 10.1. The molecule has 0 radical (unpaired) electrons. The highest BCUT2D eigenvalue weighted by Crippen LogP contribution is 2.31. The average molecular weight is 295 g/mol. The topological polar surface area (TPSA) is 35.5 Å². The Morgan fingerprint density at radius 1 is 1.25 bits per heavy atom. The average Bonchev–Trinajstić information content (AvgIpc) is 3.20. The molecule has 2 fully saturated rings. The van der Waals surface area contributed by atoms with E-state index in [2.05, 4.69) is 10.2 Å². The SMILES string of the molecule is OC(CNCC1CCN(C2CC2)C1)c1ccc(Cl)cc1. The molecule has 1 aliphatic carbocycles. The highest BCUT2D eigenvalue weighted by molar-refractivity contribution is 6.30. The van der Waals surface area contributed by atoms with Gasteiger partial charge >= 0.3 is 0 Å². The van der Waals surface area contributed by atoms with Crippen LogP contribution in [0.4, 0.5) is 0 Å². The van der Waals surface area contributed by atoms with Gasteiger partial charge in [0.1, 0.15) is 0 Å². The molecule has 0 aromatic heterocycles. The predicted molar refractivity (Wildman–Crippen MR) is 82.0 cm³/mol.